The van der Waals surface area contributed by atoms with Gasteiger partial charge in [-0.15, -0.1) is 0 Å². The molecule has 0 amide bonds. The van der Waals surface area contributed by atoms with E-state index in [1.807, 2.05) is 0 Å². The molecule has 1 heterocycles. The largest absolute Gasteiger partial charge is 0.493 e. The Morgan fingerprint density at radius 2 is 2.27 bits per heavy atom. The number of fused-ring (bicyclic) bond motifs is 1. The van der Waals surface area contributed by atoms with Crippen molar-refractivity contribution >= 4 is 0 Å². The summed E-state index contributed by atoms with van der Waals surface area (Å²) < 4.78 is 5.69. The van der Waals surface area contributed by atoms with E-state index < -0.39 is 0 Å². The zero-order chi connectivity index (χ0) is 10.7. The molecule has 0 spiro atoms. The fraction of sp³-hybridized carbons (Fsp3) is 0.538. The van der Waals surface area contributed by atoms with Crippen molar-refractivity contribution in [2.24, 2.45) is 5.73 Å². The highest BCUT2D eigenvalue weighted by atomic mass is 16.5. The Kier molecular flexibility index (Phi) is 3.27. The molecule has 0 saturated heterocycles. The summed E-state index contributed by atoms with van der Waals surface area (Å²) in [4.78, 5) is 0. The lowest BCUT2D eigenvalue weighted by Crippen LogP contribution is -2.10. The molecule has 0 aliphatic carbocycles. The Morgan fingerprint density at radius 3 is 3.07 bits per heavy atom. The monoisotopic (exact) mass is 205 g/mol. The van der Waals surface area contributed by atoms with Crippen LogP contribution in [-0.4, -0.2) is 13.2 Å². The maximum absolute atomic E-state index is 5.69. The number of hydrogen-bond acceptors (Lipinski definition) is 2. The molecule has 0 saturated carbocycles. The summed E-state index contributed by atoms with van der Waals surface area (Å²) in [7, 11) is 0. The van der Waals surface area contributed by atoms with Crippen molar-refractivity contribution < 1.29 is 4.74 Å². The number of hydrogen-bond donors (Lipinski definition) is 1. The van der Waals surface area contributed by atoms with Crippen LogP contribution in [-0.2, 0) is 12.8 Å². The maximum atomic E-state index is 5.69. The minimum Gasteiger partial charge on any atom is -0.493 e. The Hall–Kier alpha value is -1.02. The van der Waals surface area contributed by atoms with E-state index in [1.165, 1.54) is 16.7 Å². The number of nitrogens with two attached hydrogens (primary N) is 1. The molecule has 1 aliphatic rings. The Balaban J connectivity index is 2.24. The van der Waals surface area contributed by atoms with Crippen LogP contribution in [0.5, 0.6) is 5.75 Å². The SMILES string of the molecule is Cc1cc(CCCN)cc2c1OCCC2. The van der Waals surface area contributed by atoms with E-state index in [2.05, 4.69) is 19.1 Å². The van der Waals surface area contributed by atoms with Crippen LogP contribution in [0.3, 0.4) is 0 Å². The van der Waals surface area contributed by atoms with Crippen LogP contribution in [0, 0.1) is 6.92 Å². The summed E-state index contributed by atoms with van der Waals surface area (Å²) in [6.45, 7) is 3.78. The third-order valence-electron chi connectivity index (χ3n) is 2.92. The molecule has 15 heavy (non-hydrogen) atoms. The highest BCUT2D eigenvalue weighted by Crippen LogP contribution is 2.30. The van der Waals surface area contributed by atoms with E-state index in [0.717, 1.165) is 44.6 Å². The highest BCUT2D eigenvalue weighted by molar-refractivity contribution is 5.45. The lowest BCUT2D eigenvalue weighted by Gasteiger charge is -2.20. The Labute approximate surface area is 91.4 Å². The van der Waals surface area contributed by atoms with Crippen molar-refractivity contribution in [3.8, 4) is 5.75 Å². The van der Waals surface area contributed by atoms with Gasteiger partial charge in [-0.05, 0) is 55.8 Å². The average Bonchev–Trinajstić information content (AvgIpc) is 2.26. The van der Waals surface area contributed by atoms with Gasteiger partial charge in [-0.1, -0.05) is 12.1 Å². The van der Waals surface area contributed by atoms with Crippen molar-refractivity contribution in [3.63, 3.8) is 0 Å². The second-order valence-electron chi connectivity index (χ2n) is 4.25. The van der Waals surface area contributed by atoms with Gasteiger partial charge in [0.15, 0.2) is 0 Å². The fourth-order valence-corrected chi connectivity index (χ4v) is 2.21. The summed E-state index contributed by atoms with van der Waals surface area (Å²) >= 11 is 0. The third-order valence-corrected chi connectivity index (χ3v) is 2.92. The van der Waals surface area contributed by atoms with Gasteiger partial charge in [0, 0.05) is 0 Å². The van der Waals surface area contributed by atoms with Gasteiger partial charge >= 0.3 is 0 Å². The van der Waals surface area contributed by atoms with Crippen LogP contribution >= 0.6 is 0 Å². The van der Waals surface area contributed by atoms with E-state index in [-0.39, 0.29) is 0 Å². The first-order chi connectivity index (χ1) is 7.31. The summed E-state index contributed by atoms with van der Waals surface area (Å²) in [5.41, 5.74) is 9.59. The number of benzene rings is 1. The molecule has 82 valence electrons. The van der Waals surface area contributed by atoms with Gasteiger partial charge in [0.05, 0.1) is 6.61 Å². The van der Waals surface area contributed by atoms with Gasteiger partial charge < -0.3 is 10.5 Å². The molecule has 0 atom stereocenters. The predicted molar refractivity (Wildman–Crippen MR) is 62.4 cm³/mol. The molecule has 2 heteroatoms. The Bertz CT molecular complexity index is 347. The molecule has 1 aromatic rings. The first-order valence-corrected chi connectivity index (χ1v) is 5.76. The summed E-state index contributed by atoms with van der Waals surface area (Å²) in [5.74, 6) is 1.12. The lowest BCUT2D eigenvalue weighted by atomic mass is 9.97. The summed E-state index contributed by atoms with van der Waals surface area (Å²) in [6, 6.07) is 4.52. The van der Waals surface area contributed by atoms with Crippen LogP contribution in [0.25, 0.3) is 0 Å². The molecule has 2 rings (SSSR count). The summed E-state index contributed by atoms with van der Waals surface area (Å²) in [6.07, 6.45) is 4.46. The second kappa shape index (κ2) is 4.67. The Morgan fingerprint density at radius 1 is 1.40 bits per heavy atom. The third kappa shape index (κ3) is 2.32. The van der Waals surface area contributed by atoms with E-state index in [9.17, 15) is 0 Å². The smallest absolute Gasteiger partial charge is 0.125 e. The van der Waals surface area contributed by atoms with Gasteiger partial charge in [0.25, 0.3) is 0 Å². The topological polar surface area (TPSA) is 35.2 Å². The standard InChI is InChI=1S/C13H19NO/c1-10-8-11(4-2-6-14)9-12-5-3-7-15-13(10)12/h8-9H,2-7,14H2,1H3. The lowest BCUT2D eigenvalue weighted by molar-refractivity contribution is 0.286. The fourth-order valence-electron chi connectivity index (χ4n) is 2.21. The molecule has 0 unspecified atom stereocenters. The highest BCUT2D eigenvalue weighted by Gasteiger charge is 2.13. The van der Waals surface area contributed by atoms with Gasteiger partial charge in [-0.2, -0.15) is 0 Å². The van der Waals surface area contributed by atoms with Crippen LogP contribution in [0.4, 0.5) is 0 Å². The zero-order valence-corrected chi connectivity index (χ0v) is 9.38. The quantitative estimate of drug-likeness (QED) is 0.821. The maximum Gasteiger partial charge on any atom is 0.125 e. The normalized spacial score (nSPS) is 14.5. The summed E-state index contributed by atoms with van der Waals surface area (Å²) in [5, 5.41) is 0. The predicted octanol–water partition coefficient (Wildman–Crippen LogP) is 2.21. The van der Waals surface area contributed by atoms with Crippen molar-refractivity contribution in [1.82, 2.24) is 0 Å². The van der Waals surface area contributed by atoms with Crippen LogP contribution in [0.2, 0.25) is 0 Å². The van der Waals surface area contributed by atoms with Crippen LogP contribution in [0.15, 0.2) is 12.1 Å². The van der Waals surface area contributed by atoms with Gasteiger partial charge in [-0.25, -0.2) is 0 Å². The number of rotatable bonds is 3. The molecule has 1 aliphatic heterocycles. The van der Waals surface area contributed by atoms with Crippen molar-refractivity contribution in [3.05, 3.63) is 28.8 Å². The molecule has 0 bridgehead atoms. The van der Waals surface area contributed by atoms with Gasteiger partial charge in [-0.3, -0.25) is 0 Å². The van der Waals surface area contributed by atoms with Crippen LogP contribution in [0.1, 0.15) is 29.5 Å². The first-order valence-electron chi connectivity index (χ1n) is 5.76. The minimum atomic E-state index is 0.770. The van der Waals surface area contributed by atoms with Crippen molar-refractivity contribution in [1.29, 1.82) is 0 Å². The molecular weight excluding hydrogens is 186 g/mol. The molecule has 0 aromatic heterocycles. The van der Waals surface area contributed by atoms with E-state index in [0.29, 0.717) is 0 Å². The number of ether oxygens (including phenoxy) is 1. The van der Waals surface area contributed by atoms with Gasteiger partial charge in [0.1, 0.15) is 5.75 Å². The molecule has 0 radical (unpaired) electrons. The van der Waals surface area contributed by atoms with Crippen LogP contribution < -0.4 is 10.5 Å². The molecule has 0 fully saturated rings. The van der Waals surface area contributed by atoms with Crippen molar-refractivity contribution in [2.75, 3.05) is 13.2 Å². The second-order valence-corrected chi connectivity index (χ2v) is 4.25. The molecule has 2 nitrogen and oxygen atoms in total. The van der Waals surface area contributed by atoms with Crippen molar-refractivity contribution in [2.45, 2.75) is 32.6 Å². The zero-order valence-electron chi connectivity index (χ0n) is 9.38. The van der Waals surface area contributed by atoms with E-state index in [4.69, 9.17) is 10.5 Å². The van der Waals surface area contributed by atoms with E-state index >= 15 is 0 Å². The minimum absolute atomic E-state index is 0.770. The average molecular weight is 205 g/mol. The van der Waals surface area contributed by atoms with E-state index in [1.54, 1.807) is 0 Å². The molecule has 1 aromatic carbocycles. The molecule has 2 N–H and O–H groups in total. The molecular formula is C13H19NO. The first kappa shape index (κ1) is 10.5. The van der Waals surface area contributed by atoms with Gasteiger partial charge in [0.2, 0.25) is 0 Å². The number of aryl methyl sites for hydroxylation is 3.